The molecule has 0 unspecified atom stereocenters. The average molecular weight is 527 g/mol. The summed E-state index contributed by atoms with van der Waals surface area (Å²) >= 11 is 1.56. The summed E-state index contributed by atoms with van der Waals surface area (Å²) in [5.74, 6) is 2.88. The molecule has 38 heavy (non-hydrogen) atoms. The van der Waals surface area contributed by atoms with Gasteiger partial charge >= 0.3 is 0 Å². The fourth-order valence-electron chi connectivity index (χ4n) is 3.87. The van der Waals surface area contributed by atoms with Crippen molar-refractivity contribution in [2.75, 3.05) is 19.5 Å². The number of methoxy groups -OCH3 is 2. The van der Waals surface area contributed by atoms with E-state index in [0.717, 1.165) is 16.4 Å². The number of thioether (sulfide) groups is 1. The Morgan fingerprint density at radius 1 is 0.947 bits per heavy atom. The van der Waals surface area contributed by atoms with Gasteiger partial charge in [0.05, 0.1) is 20.5 Å². The number of rotatable bonds is 9. The molecule has 5 aromatic rings. The highest BCUT2D eigenvalue weighted by atomic mass is 32.2. The molecular weight excluding hydrogens is 500 g/mol. The molecule has 2 aromatic heterocycles. The predicted octanol–water partition coefficient (Wildman–Crippen LogP) is 6.40. The van der Waals surface area contributed by atoms with Crippen molar-refractivity contribution in [2.45, 2.75) is 17.8 Å². The minimum absolute atomic E-state index is 0.210. The number of nitrogens with one attached hydrogen (secondary N) is 1. The van der Waals surface area contributed by atoms with E-state index < -0.39 is 0 Å². The molecule has 0 radical (unpaired) electrons. The van der Waals surface area contributed by atoms with E-state index in [9.17, 15) is 4.79 Å². The second-order valence-electron chi connectivity index (χ2n) is 8.46. The third kappa shape index (κ3) is 5.42. The first kappa shape index (κ1) is 25.2. The summed E-state index contributed by atoms with van der Waals surface area (Å²) in [6, 6.07) is 24.7. The van der Waals surface area contributed by atoms with Gasteiger partial charge in [0.2, 0.25) is 5.82 Å². The van der Waals surface area contributed by atoms with Gasteiger partial charge in [-0.1, -0.05) is 41.6 Å². The first-order valence-electron chi connectivity index (χ1n) is 11.9. The van der Waals surface area contributed by atoms with Crippen molar-refractivity contribution < 1.29 is 18.7 Å². The van der Waals surface area contributed by atoms with E-state index in [1.165, 1.54) is 5.56 Å². The van der Waals surface area contributed by atoms with Gasteiger partial charge in [-0.15, -0.1) is 10.2 Å². The van der Waals surface area contributed by atoms with Crippen molar-refractivity contribution in [3.05, 3.63) is 102 Å². The van der Waals surface area contributed by atoms with E-state index in [1.807, 2.05) is 53.1 Å². The maximum Gasteiger partial charge on any atom is 0.255 e. The van der Waals surface area contributed by atoms with Crippen molar-refractivity contribution in [2.24, 2.45) is 0 Å². The number of aromatic nitrogens is 3. The van der Waals surface area contributed by atoms with Crippen LogP contribution in [0.15, 0.2) is 94.7 Å². The van der Waals surface area contributed by atoms with Crippen LogP contribution < -0.4 is 14.8 Å². The number of ether oxygens (including phenoxy) is 2. The van der Waals surface area contributed by atoms with E-state index in [0.29, 0.717) is 40.1 Å². The van der Waals surface area contributed by atoms with Crippen molar-refractivity contribution in [3.8, 4) is 28.8 Å². The molecule has 192 valence electrons. The fourth-order valence-corrected chi connectivity index (χ4v) is 4.78. The number of nitrogens with zero attached hydrogens (tertiary/aromatic N) is 3. The van der Waals surface area contributed by atoms with E-state index in [4.69, 9.17) is 13.9 Å². The molecule has 0 bridgehead atoms. The van der Waals surface area contributed by atoms with Gasteiger partial charge in [0.1, 0.15) is 0 Å². The highest BCUT2D eigenvalue weighted by Gasteiger charge is 2.18. The van der Waals surface area contributed by atoms with Crippen molar-refractivity contribution in [3.63, 3.8) is 0 Å². The molecule has 0 atom stereocenters. The Labute approximate surface area is 224 Å². The summed E-state index contributed by atoms with van der Waals surface area (Å²) in [7, 11) is 3.13. The van der Waals surface area contributed by atoms with Crippen LogP contribution in [0.1, 0.15) is 21.5 Å². The lowest BCUT2D eigenvalue weighted by atomic mass is 10.1. The number of carbonyl (C=O) groups excluding carboxylic acids is 1. The molecule has 3 aromatic carbocycles. The molecule has 9 heteroatoms. The number of aryl methyl sites for hydroxylation is 1. The van der Waals surface area contributed by atoms with Crippen LogP contribution >= 0.6 is 11.8 Å². The molecule has 8 nitrogen and oxygen atoms in total. The van der Waals surface area contributed by atoms with Crippen molar-refractivity contribution in [1.82, 2.24) is 14.8 Å². The molecular formula is C29H26N4O4S. The van der Waals surface area contributed by atoms with Crippen LogP contribution in [0.25, 0.3) is 17.3 Å². The number of benzene rings is 3. The maximum atomic E-state index is 12.8. The van der Waals surface area contributed by atoms with Gasteiger partial charge in [0.15, 0.2) is 22.4 Å². The molecule has 2 heterocycles. The molecule has 0 aliphatic heterocycles. The Hall–Kier alpha value is -4.50. The highest BCUT2D eigenvalue weighted by molar-refractivity contribution is 7.98. The number of furan rings is 1. The van der Waals surface area contributed by atoms with Gasteiger partial charge < -0.3 is 19.2 Å². The molecule has 1 N–H and O–H groups in total. The normalized spacial score (nSPS) is 10.8. The fraction of sp³-hybridized carbons (Fsp3) is 0.138. The van der Waals surface area contributed by atoms with Crippen LogP contribution in [0.4, 0.5) is 5.69 Å². The van der Waals surface area contributed by atoms with E-state index in [1.54, 1.807) is 50.4 Å². The van der Waals surface area contributed by atoms with Gasteiger partial charge in [-0.2, -0.15) is 0 Å². The first-order valence-corrected chi connectivity index (χ1v) is 12.9. The zero-order chi connectivity index (χ0) is 26.5. The lowest BCUT2D eigenvalue weighted by molar-refractivity contribution is 0.102. The largest absolute Gasteiger partial charge is 0.493 e. The van der Waals surface area contributed by atoms with Gasteiger partial charge in [-0.3, -0.25) is 9.36 Å². The van der Waals surface area contributed by atoms with Crippen molar-refractivity contribution >= 4 is 23.4 Å². The van der Waals surface area contributed by atoms with Crippen LogP contribution in [0.2, 0.25) is 0 Å². The quantitative estimate of drug-likeness (QED) is 0.222. The third-order valence-electron chi connectivity index (χ3n) is 5.89. The second kappa shape index (κ2) is 11.3. The standard InChI is InChI=1S/C29H26N4O4S/c1-19-6-13-23(14-7-19)33-27(25-5-4-16-37-25)31-32-29(33)38-18-20-8-10-21(11-9-20)28(34)30-22-12-15-24(35-2)26(17-22)36-3/h4-17H,18H2,1-3H3,(H,30,34). The summed E-state index contributed by atoms with van der Waals surface area (Å²) in [4.78, 5) is 12.8. The summed E-state index contributed by atoms with van der Waals surface area (Å²) < 4.78 is 18.2. The molecule has 0 aliphatic carbocycles. The van der Waals surface area contributed by atoms with E-state index in [2.05, 4.69) is 34.6 Å². The van der Waals surface area contributed by atoms with Crippen LogP contribution in [-0.2, 0) is 5.75 Å². The van der Waals surface area contributed by atoms with Crippen LogP contribution in [0.3, 0.4) is 0 Å². The van der Waals surface area contributed by atoms with Crippen LogP contribution in [-0.4, -0.2) is 34.9 Å². The molecule has 0 spiro atoms. The van der Waals surface area contributed by atoms with Gasteiger partial charge in [-0.25, -0.2) is 0 Å². The molecule has 0 saturated heterocycles. The summed E-state index contributed by atoms with van der Waals surface area (Å²) in [6.07, 6.45) is 1.62. The Morgan fingerprint density at radius 2 is 1.71 bits per heavy atom. The maximum absolute atomic E-state index is 12.8. The summed E-state index contributed by atoms with van der Waals surface area (Å²) in [5, 5.41) is 12.5. The Bertz CT molecular complexity index is 1530. The zero-order valence-electron chi connectivity index (χ0n) is 21.2. The van der Waals surface area contributed by atoms with Crippen LogP contribution in [0.5, 0.6) is 11.5 Å². The molecule has 0 fully saturated rings. The number of hydrogen-bond acceptors (Lipinski definition) is 7. The summed E-state index contributed by atoms with van der Waals surface area (Å²) in [6.45, 7) is 2.05. The van der Waals surface area contributed by atoms with Gasteiger partial charge in [0.25, 0.3) is 5.91 Å². The minimum Gasteiger partial charge on any atom is -0.493 e. The van der Waals surface area contributed by atoms with Gasteiger partial charge in [-0.05, 0) is 61.0 Å². The summed E-state index contributed by atoms with van der Waals surface area (Å²) in [5.41, 5.74) is 4.35. The Kier molecular flexibility index (Phi) is 7.46. The van der Waals surface area contributed by atoms with E-state index in [-0.39, 0.29) is 5.91 Å². The first-order chi connectivity index (χ1) is 18.6. The molecule has 5 rings (SSSR count). The SMILES string of the molecule is COc1ccc(NC(=O)c2ccc(CSc3nnc(-c4ccco4)n3-c3ccc(C)cc3)cc2)cc1OC. The number of anilines is 1. The van der Waals surface area contributed by atoms with Crippen LogP contribution in [0, 0.1) is 6.92 Å². The predicted molar refractivity (Wildman–Crippen MR) is 147 cm³/mol. The molecule has 1 amide bonds. The lowest BCUT2D eigenvalue weighted by Crippen LogP contribution is -2.12. The minimum atomic E-state index is -0.210. The number of amides is 1. The smallest absolute Gasteiger partial charge is 0.255 e. The number of hydrogen-bond donors (Lipinski definition) is 1. The number of carbonyl (C=O) groups is 1. The van der Waals surface area contributed by atoms with E-state index >= 15 is 0 Å². The second-order valence-corrected chi connectivity index (χ2v) is 9.41. The molecule has 0 aliphatic rings. The average Bonchev–Trinajstić information content (AvgIpc) is 3.63. The Morgan fingerprint density at radius 3 is 2.39 bits per heavy atom. The molecule has 0 saturated carbocycles. The zero-order valence-corrected chi connectivity index (χ0v) is 22.0. The highest BCUT2D eigenvalue weighted by Crippen LogP contribution is 2.31. The third-order valence-corrected chi connectivity index (χ3v) is 6.89. The topological polar surface area (TPSA) is 91.4 Å². The lowest BCUT2D eigenvalue weighted by Gasteiger charge is -2.11. The van der Waals surface area contributed by atoms with Crippen molar-refractivity contribution in [1.29, 1.82) is 0 Å². The van der Waals surface area contributed by atoms with Gasteiger partial charge in [0, 0.05) is 28.8 Å². The monoisotopic (exact) mass is 526 g/mol. The Balaban J connectivity index is 1.30.